The predicted molar refractivity (Wildman–Crippen MR) is 98.2 cm³/mol. The topological polar surface area (TPSA) is 94.8 Å². The highest BCUT2D eigenvalue weighted by Gasteiger charge is 2.40. The zero-order valence-corrected chi connectivity index (χ0v) is 15.5. The van der Waals surface area contributed by atoms with Gasteiger partial charge in [0.15, 0.2) is 0 Å². The standard InChI is InChI=1S/C20H17N3O5/c1-11(23-19(24)15-6-4-5-7-16(15)20(23)25)18-21-17(22-28-18)12-8-13(26-2)10-14(9-12)27-3/h4-11H,1-3H3/t11-/m1/s1. The lowest BCUT2D eigenvalue weighted by molar-refractivity contribution is 0.0568. The summed E-state index contributed by atoms with van der Waals surface area (Å²) >= 11 is 0. The van der Waals surface area contributed by atoms with Gasteiger partial charge in [-0.25, -0.2) is 0 Å². The highest BCUT2D eigenvalue weighted by atomic mass is 16.5. The van der Waals surface area contributed by atoms with Crippen molar-refractivity contribution in [3.8, 4) is 22.9 Å². The van der Waals surface area contributed by atoms with E-state index in [4.69, 9.17) is 14.0 Å². The number of hydrogen-bond acceptors (Lipinski definition) is 7. The van der Waals surface area contributed by atoms with Gasteiger partial charge in [0.25, 0.3) is 11.8 Å². The Morgan fingerprint density at radius 1 is 0.964 bits per heavy atom. The maximum Gasteiger partial charge on any atom is 0.262 e. The summed E-state index contributed by atoms with van der Waals surface area (Å²) in [5.74, 6) is 0.858. The third kappa shape index (κ3) is 2.79. The second-order valence-corrected chi connectivity index (χ2v) is 6.26. The highest BCUT2D eigenvalue weighted by molar-refractivity contribution is 6.21. The first-order valence-electron chi connectivity index (χ1n) is 8.57. The molecule has 0 aliphatic carbocycles. The number of fused-ring (bicyclic) bond motifs is 1. The van der Waals surface area contributed by atoms with Gasteiger partial charge >= 0.3 is 0 Å². The maximum atomic E-state index is 12.6. The molecule has 0 saturated carbocycles. The van der Waals surface area contributed by atoms with Gasteiger partial charge in [-0.2, -0.15) is 4.98 Å². The van der Waals surface area contributed by atoms with Gasteiger partial charge in [-0.3, -0.25) is 14.5 Å². The number of methoxy groups -OCH3 is 2. The second kappa shape index (κ2) is 6.80. The van der Waals surface area contributed by atoms with Crippen LogP contribution in [0.1, 0.15) is 39.6 Å². The fourth-order valence-electron chi connectivity index (χ4n) is 3.13. The first-order chi connectivity index (χ1) is 13.5. The molecule has 0 fully saturated rings. The minimum absolute atomic E-state index is 0.159. The number of rotatable bonds is 5. The van der Waals surface area contributed by atoms with Gasteiger partial charge in [0.05, 0.1) is 25.3 Å². The Morgan fingerprint density at radius 3 is 2.07 bits per heavy atom. The molecule has 8 nitrogen and oxygen atoms in total. The van der Waals surface area contributed by atoms with Crippen molar-refractivity contribution in [3.63, 3.8) is 0 Å². The summed E-state index contributed by atoms with van der Waals surface area (Å²) in [5, 5.41) is 3.98. The van der Waals surface area contributed by atoms with Gasteiger partial charge < -0.3 is 14.0 Å². The smallest absolute Gasteiger partial charge is 0.262 e. The van der Waals surface area contributed by atoms with Crippen molar-refractivity contribution in [2.75, 3.05) is 14.2 Å². The Balaban J connectivity index is 1.65. The Bertz CT molecular complexity index is 1020. The number of carbonyl (C=O) groups excluding carboxylic acids is 2. The number of benzene rings is 2. The van der Waals surface area contributed by atoms with E-state index in [1.165, 1.54) is 0 Å². The average Bonchev–Trinajstić information content (AvgIpc) is 3.32. The van der Waals surface area contributed by atoms with Crippen molar-refractivity contribution < 1.29 is 23.6 Å². The van der Waals surface area contributed by atoms with Crippen LogP contribution in [0, 0.1) is 0 Å². The van der Waals surface area contributed by atoms with Crippen molar-refractivity contribution in [3.05, 3.63) is 59.5 Å². The number of carbonyl (C=O) groups is 2. The molecule has 8 heteroatoms. The average molecular weight is 379 g/mol. The van der Waals surface area contributed by atoms with Gasteiger partial charge in [0.1, 0.15) is 17.5 Å². The normalized spacial score (nSPS) is 14.2. The van der Waals surface area contributed by atoms with Crippen molar-refractivity contribution >= 4 is 11.8 Å². The lowest BCUT2D eigenvalue weighted by atomic mass is 10.1. The molecule has 2 aromatic carbocycles. The number of aromatic nitrogens is 2. The maximum absolute atomic E-state index is 12.6. The van der Waals surface area contributed by atoms with Crippen molar-refractivity contribution in [1.82, 2.24) is 15.0 Å². The summed E-state index contributed by atoms with van der Waals surface area (Å²) in [4.78, 5) is 30.8. The molecular formula is C20H17N3O5. The van der Waals surface area contributed by atoms with Gasteiger partial charge in [-0.15, -0.1) is 0 Å². The molecule has 0 N–H and O–H groups in total. The molecule has 2 amide bonds. The van der Waals surface area contributed by atoms with Crippen LogP contribution in [0.2, 0.25) is 0 Å². The van der Waals surface area contributed by atoms with Crippen molar-refractivity contribution in [1.29, 1.82) is 0 Å². The number of ether oxygens (including phenoxy) is 2. The largest absolute Gasteiger partial charge is 0.497 e. The molecule has 1 aliphatic heterocycles. The summed E-state index contributed by atoms with van der Waals surface area (Å²) in [6.45, 7) is 1.67. The quantitative estimate of drug-likeness (QED) is 0.629. The minimum Gasteiger partial charge on any atom is -0.497 e. The lowest BCUT2D eigenvalue weighted by Gasteiger charge is -2.18. The molecule has 0 bridgehead atoms. The van der Waals surface area contributed by atoms with Crippen LogP contribution in [0.25, 0.3) is 11.4 Å². The van der Waals surface area contributed by atoms with Crippen LogP contribution in [-0.2, 0) is 0 Å². The van der Waals surface area contributed by atoms with Crippen molar-refractivity contribution in [2.24, 2.45) is 0 Å². The summed E-state index contributed by atoms with van der Waals surface area (Å²) in [6.07, 6.45) is 0. The molecule has 1 aliphatic rings. The Hall–Kier alpha value is -3.68. The molecule has 0 radical (unpaired) electrons. The molecule has 0 spiro atoms. The van der Waals surface area contributed by atoms with Crippen LogP contribution < -0.4 is 9.47 Å². The Kier molecular flexibility index (Phi) is 4.31. The van der Waals surface area contributed by atoms with Crippen LogP contribution in [0.15, 0.2) is 47.0 Å². The second-order valence-electron chi connectivity index (χ2n) is 6.26. The summed E-state index contributed by atoms with van der Waals surface area (Å²) in [7, 11) is 3.09. The monoisotopic (exact) mass is 379 g/mol. The van der Waals surface area contributed by atoms with E-state index in [0.717, 1.165) is 4.90 Å². The van der Waals surface area contributed by atoms with Gasteiger partial charge in [0.2, 0.25) is 11.7 Å². The SMILES string of the molecule is COc1cc(OC)cc(-c2noc([C@@H](C)N3C(=O)c4ccccc4C3=O)n2)c1. The molecule has 28 heavy (non-hydrogen) atoms. The van der Waals surface area contributed by atoms with E-state index in [1.54, 1.807) is 63.6 Å². The minimum atomic E-state index is -0.707. The molecule has 2 heterocycles. The molecule has 0 unspecified atom stereocenters. The molecule has 0 saturated heterocycles. The van der Waals surface area contributed by atoms with E-state index in [0.29, 0.717) is 34.0 Å². The van der Waals surface area contributed by atoms with E-state index in [2.05, 4.69) is 10.1 Å². The highest BCUT2D eigenvalue weighted by Crippen LogP contribution is 2.32. The molecule has 142 valence electrons. The van der Waals surface area contributed by atoms with Crippen molar-refractivity contribution in [2.45, 2.75) is 13.0 Å². The van der Waals surface area contributed by atoms with E-state index in [1.807, 2.05) is 0 Å². The third-order valence-electron chi connectivity index (χ3n) is 4.62. The molecular weight excluding hydrogens is 362 g/mol. The number of amides is 2. The summed E-state index contributed by atoms with van der Waals surface area (Å²) in [5.41, 5.74) is 1.37. The fraction of sp³-hybridized carbons (Fsp3) is 0.200. The van der Waals surface area contributed by atoms with Crippen LogP contribution in [0.5, 0.6) is 11.5 Å². The predicted octanol–water partition coefficient (Wildman–Crippen LogP) is 3.11. The Morgan fingerprint density at radius 2 is 1.54 bits per heavy atom. The van der Waals surface area contributed by atoms with Crippen LogP contribution in [0.3, 0.4) is 0 Å². The Labute approximate surface area is 160 Å². The first kappa shape index (κ1) is 17.7. The molecule has 4 rings (SSSR count). The molecule has 3 aromatic rings. The zero-order valence-electron chi connectivity index (χ0n) is 15.5. The summed E-state index contributed by atoms with van der Waals surface area (Å²) < 4.78 is 15.9. The first-order valence-corrected chi connectivity index (χ1v) is 8.57. The van der Waals surface area contributed by atoms with Gasteiger partial charge in [0, 0.05) is 11.6 Å². The van der Waals surface area contributed by atoms with Gasteiger partial charge in [-0.05, 0) is 31.2 Å². The van der Waals surface area contributed by atoms with E-state index in [9.17, 15) is 9.59 Å². The zero-order chi connectivity index (χ0) is 19.8. The van der Waals surface area contributed by atoms with Crippen LogP contribution in [0.4, 0.5) is 0 Å². The fourth-order valence-corrected chi connectivity index (χ4v) is 3.13. The summed E-state index contributed by atoms with van der Waals surface area (Å²) in [6, 6.07) is 11.2. The number of nitrogens with zero attached hydrogens (tertiary/aromatic N) is 3. The van der Waals surface area contributed by atoms with E-state index in [-0.39, 0.29) is 17.7 Å². The number of imide groups is 1. The van der Waals surface area contributed by atoms with Crippen LogP contribution in [-0.4, -0.2) is 41.1 Å². The lowest BCUT2D eigenvalue weighted by Crippen LogP contribution is -2.32. The molecule has 1 atom stereocenters. The van der Waals surface area contributed by atoms with E-state index < -0.39 is 6.04 Å². The van der Waals surface area contributed by atoms with Gasteiger partial charge in [-0.1, -0.05) is 17.3 Å². The van der Waals surface area contributed by atoms with E-state index >= 15 is 0 Å². The third-order valence-corrected chi connectivity index (χ3v) is 4.62. The molecule has 1 aromatic heterocycles. The van der Waals surface area contributed by atoms with Crippen LogP contribution >= 0.6 is 0 Å². The number of hydrogen-bond donors (Lipinski definition) is 0.